The summed E-state index contributed by atoms with van der Waals surface area (Å²) in [7, 11) is 1.67. The van der Waals surface area contributed by atoms with Crippen molar-refractivity contribution in [2.24, 2.45) is 5.92 Å². The molecule has 82 valence electrons. The van der Waals surface area contributed by atoms with E-state index in [0.717, 1.165) is 12.3 Å². The molecule has 0 heterocycles. The molecule has 2 atom stereocenters. The monoisotopic (exact) mass is 198 g/mol. The summed E-state index contributed by atoms with van der Waals surface area (Å²) in [6.07, 6.45) is 7.50. The fourth-order valence-corrected chi connectivity index (χ4v) is 2.35. The van der Waals surface area contributed by atoms with Gasteiger partial charge in [-0.3, -0.25) is 0 Å². The van der Waals surface area contributed by atoms with Crippen LogP contribution < -0.4 is 10.6 Å². The zero-order valence-electron chi connectivity index (χ0n) is 9.31. The van der Waals surface area contributed by atoms with E-state index in [1.165, 1.54) is 32.1 Å². The highest BCUT2D eigenvalue weighted by atomic mass is 16.2. The van der Waals surface area contributed by atoms with Crippen molar-refractivity contribution >= 4 is 6.03 Å². The predicted octanol–water partition coefficient (Wildman–Crippen LogP) is 2.27. The van der Waals surface area contributed by atoms with E-state index in [9.17, 15) is 4.79 Å². The van der Waals surface area contributed by atoms with Crippen LogP contribution in [-0.4, -0.2) is 19.1 Å². The Hall–Kier alpha value is -0.730. The molecule has 2 amide bonds. The molecule has 0 aromatic heterocycles. The van der Waals surface area contributed by atoms with Crippen molar-refractivity contribution < 1.29 is 4.79 Å². The minimum Gasteiger partial charge on any atom is -0.341 e. The Kier molecular flexibility index (Phi) is 4.77. The van der Waals surface area contributed by atoms with E-state index >= 15 is 0 Å². The van der Waals surface area contributed by atoms with Crippen LogP contribution in [0.5, 0.6) is 0 Å². The Morgan fingerprint density at radius 2 is 2.21 bits per heavy atom. The highest BCUT2D eigenvalue weighted by molar-refractivity contribution is 5.73. The van der Waals surface area contributed by atoms with Crippen molar-refractivity contribution in [3.8, 4) is 0 Å². The number of carbonyl (C=O) groups is 1. The van der Waals surface area contributed by atoms with E-state index in [1.807, 2.05) is 0 Å². The molecule has 3 heteroatoms. The minimum atomic E-state index is -0.0350. The lowest BCUT2D eigenvalue weighted by molar-refractivity contribution is 0.225. The van der Waals surface area contributed by atoms with Crippen molar-refractivity contribution in [3.63, 3.8) is 0 Å². The first kappa shape index (κ1) is 11.3. The predicted molar refractivity (Wildman–Crippen MR) is 58.2 cm³/mol. The molecule has 0 spiro atoms. The topological polar surface area (TPSA) is 41.1 Å². The maximum Gasteiger partial charge on any atom is 0.314 e. The first-order valence-corrected chi connectivity index (χ1v) is 5.74. The average Bonchev–Trinajstić information content (AvgIpc) is 2.19. The molecule has 3 nitrogen and oxygen atoms in total. The summed E-state index contributed by atoms with van der Waals surface area (Å²) in [5, 5.41) is 5.62. The molecule has 1 aliphatic carbocycles. The van der Waals surface area contributed by atoms with Crippen LogP contribution in [0.3, 0.4) is 0 Å². The van der Waals surface area contributed by atoms with Crippen LogP contribution in [0.2, 0.25) is 0 Å². The van der Waals surface area contributed by atoms with Crippen LogP contribution in [-0.2, 0) is 0 Å². The van der Waals surface area contributed by atoms with Gasteiger partial charge >= 0.3 is 6.03 Å². The Morgan fingerprint density at radius 3 is 2.86 bits per heavy atom. The highest BCUT2D eigenvalue weighted by Crippen LogP contribution is 2.27. The lowest BCUT2D eigenvalue weighted by Gasteiger charge is -2.29. The first-order valence-electron chi connectivity index (χ1n) is 5.74. The third-order valence-corrected chi connectivity index (χ3v) is 3.04. The van der Waals surface area contributed by atoms with Gasteiger partial charge in [0, 0.05) is 13.1 Å². The fraction of sp³-hybridized carbons (Fsp3) is 0.909. The molecule has 0 aromatic rings. The van der Waals surface area contributed by atoms with Crippen LogP contribution in [0.1, 0.15) is 45.4 Å². The lowest BCUT2D eigenvalue weighted by Crippen LogP contribution is -2.42. The minimum absolute atomic E-state index is 0.0350. The van der Waals surface area contributed by atoms with Crippen LogP contribution in [0.25, 0.3) is 0 Å². The highest BCUT2D eigenvalue weighted by Gasteiger charge is 2.21. The van der Waals surface area contributed by atoms with Crippen molar-refractivity contribution in [1.29, 1.82) is 0 Å². The van der Waals surface area contributed by atoms with Gasteiger partial charge in [-0.25, -0.2) is 4.79 Å². The van der Waals surface area contributed by atoms with Crippen LogP contribution in [0.4, 0.5) is 4.79 Å². The number of hydrogen-bond acceptors (Lipinski definition) is 1. The van der Waals surface area contributed by atoms with E-state index in [-0.39, 0.29) is 6.03 Å². The second-order valence-electron chi connectivity index (χ2n) is 4.24. The molecule has 0 saturated heterocycles. The van der Waals surface area contributed by atoms with Gasteiger partial charge in [0.05, 0.1) is 0 Å². The largest absolute Gasteiger partial charge is 0.341 e. The number of rotatable bonds is 3. The molecule has 2 N–H and O–H groups in total. The maximum absolute atomic E-state index is 11.1. The second kappa shape index (κ2) is 5.89. The Morgan fingerprint density at radius 1 is 1.43 bits per heavy atom. The van der Waals surface area contributed by atoms with Crippen LogP contribution in [0.15, 0.2) is 0 Å². The number of amides is 2. The van der Waals surface area contributed by atoms with Crippen LogP contribution in [0, 0.1) is 5.92 Å². The van der Waals surface area contributed by atoms with Crippen LogP contribution >= 0.6 is 0 Å². The van der Waals surface area contributed by atoms with Gasteiger partial charge in [0.2, 0.25) is 0 Å². The molecule has 1 saturated carbocycles. The summed E-state index contributed by atoms with van der Waals surface area (Å²) >= 11 is 0. The second-order valence-corrected chi connectivity index (χ2v) is 4.24. The number of carbonyl (C=O) groups excluding carboxylic acids is 1. The van der Waals surface area contributed by atoms with Gasteiger partial charge in [0.25, 0.3) is 0 Å². The summed E-state index contributed by atoms with van der Waals surface area (Å²) < 4.78 is 0. The number of urea groups is 1. The SMILES string of the molecule is CCC[C@H]1CCCC(NC(=O)NC)C1. The summed E-state index contributed by atoms with van der Waals surface area (Å²) in [6.45, 7) is 2.23. The summed E-state index contributed by atoms with van der Waals surface area (Å²) in [5.74, 6) is 0.830. The fourth-order valence-electron chi connectivity index (χ4n) is 2.35. The quantitative estimate of drug-likeness (QED) is 0.717. The molecule has 14 heavy (non-hydrogen) atoms. The zero-order valence-corrected chi connectivity index (χ0v) is 9.31. The summed E-state index contributed by atoms with van der Waals surface area (Å²) in [4.78, 5) is 11.1. The van der Waals surface area contributed by atoms with E-state index in [2.05, 4.69) is 17.6 Å². The molecule has 1 aliphatic rings. The van der Waals surface area contributed by atoms with Crippen molar-refractivity contribution in [2.75, 3.05) is 7.05 Å². The smallest absolute Gasteiger partial charge is 0.314 e. The van der Waals surface area contributed by atoms with Crippen molar-refractivity contribution in [3.05, 3.63) is 0 Å². The van der Waals surface area contributed by atoms with E-state index < -0.39 is 0 Å². The first-order chi connectivity index (χ1) is 6.76. The van der Waals surface area contributed by atoms with Crippen molar-refractivity contribution in [2.45, 2.75) is 51.5 Å². The van der Waals surface area contributed by atoms with Gasteiger partial charge in [-0.2, -0.15) is 0 Å². The lowest BCUT2D eigenvalue weighted by atomic mass is 9.83. The number of hydrogen-bond donors (Lipinski definition) is 2. The molecule has 0 aromatic carbocycles. The molecule has 0 bridgehead atoms. The van der Waals surface area contributed by atoms with Gasteiger partial charge < -0.3 is 10.6 Å². The molecule has 1 fully saturated rings. The molecule has 0 radical (unpaired) electrons. The molecule has 1 unspecified atom stereocenters. The standard InChI is InChI=1S/C11H22N2O/c1-3-5-9-6-4-7-10(8-9)13-11(14)12-2/h9-10H,3-8H2,1-2H3,(H2,12,13,14)/t9-,10?/m0/s1. The number of nitrogens with one attached hydrogen (secondary N) is 2. The van der Waals surface area contributed by atoms with Crippen molar-refractivity contribution in [1.82, 2.24) is 10.6 Å². The average molecular weight is 198 g/mol. The molecule has 1 rings (SSSR count). The van der Waals surface area contributed by atoms with Gasteiger partial charge in [-0.15, -0.1) is 0 Å². The van der Waals surface area contributed by atoms with E-state index in [0.29, 0.717) is 6.04 Å². The Balaban J connectivity index is 2.28. The maximum atomic E-state index is 11.1. The van der Waals surface area contributed by atoms with E-state index in [1.54, 1.807) is 7.05 Å². The summed E-state index contributed by atoms with van der Waals surface area (Å²) in [6, 6.07) is 0.368. The third-order valence-electron chi connectivity index (χ3n) is 3.04. The van der Waals surface area contributed by atoms with Gasteiger partial charge in [-0.1, -0.05) is 32.6 Å². The van der Waals surface area contributed by atoms with Gasteiger partial charge in [0.15, 0.2) is 0 Å². The Labute approximate surface area is 86.6 Å². The molecular weight excluding hydrogens is 176 g/mol. The summed E-state index contributed by atoms with van der Waals surface area (Å²) in [5.41, 5.74) is 0. The Bertz CT molecular complexity index is 180. The van der Waals surface area contributed by atoms with Gasteiger partial charge in [-0.05, 0) is 18.8 Å². The third kappa shape index (κ3) is 3.56. The van der Waals surface area contributed by atoms with Gasteiger partial charge in [0.1, 0.15) is 0 Å². The molecule has 0 aliphatic heterocycles. The van der Waals surface area contributed by atoms with E-state index in [4.69, 9.17) is 0 Å². The zero-order chi connectivity index (χ0) is 10.4. The molecular formula is C11H22N2O. The normalized spacial score (nSPS) is 27.0.